The van der Waals surface area contributed by atoms with Gasteiger partial charge in [0.15, 0.2) is 4.96 Å². The molecule has 1 unspecified atom stereocenters. The fourth-order valence-corrected chi connectivity index (χ4v) is 2.70. The Balaban J connectivity index is 1.84. The van der Waals surface area contributed by atoms with Crippen LogP contribution in [0.4, 0.5) is 0 Å². The van der Waals surface area contributed by atoms with E-state index >= 15 is 0 Å². The molecular formula is C12H19N3S. The predicted molar refractivity (Wildman–Crippen MR) is 69.1 cm³/mol. The van der Waals surface area contributed by atoms with Crippen LogP contribution in [0, 0.1) is 0 Å². The Morgan fingerprint density at radius 2 is 2.44 bits per heavy atom. The summed E-state index contributed by atoms with van der Waals surface area (Å²) in [6.07, 6.45) is 8.95. The third-order valence-electron chi connectivity index (χ3n) is 3.03. The number of rotatable bonds is 6. The van der Waals surface area contributed by atoms with Crippen molar-refractivity contribution in [3.8, 4) is 0 Å². The van der Waals surface area contributed by atoms with Gasteiger partial charge in [0.05, 0.1) is 5.69 Å². The second kappa shape index (κ2) is 5.46. The minimum absolute atomic E-state index is 0.656. The van der Waals surface area contributed by atoms with Crippen molar-refractivity contribution in [2.45, 2.75) is 38.6 Å². The highest BCUT2D eigenvalue weighted by molar-refractivity contribution is 7.15. The molecule has 0 spiro atoms. The Kier molecular flexibility index (Phi) is 3.96. The molecule has 0 amide bonds. The molecule has 0 aliphatic carbocycles. The van der Waals surface area contributed by atoms with Gasteiger partial charge in [-0.05, 0) is 32.7 Å². The number of imidazole rings is 1. The van der Waals surface area contributed by atoms with Crippen molar-refractivity contribution in [1.82, 2.24) is 14.7 Å². The molecule has 2 heterocycles. The first kappa shape index (κ1) is 11.6. The number of nitrogens with zero attached hydrogens (tertiary/aromatic N) is 2. The number of thiazole rings is 1. The molecule has 0 aromatic carbocycles. The number of aromatic nitrogens is 2. The molecule has 2 rings (SSSR count). The van der Waals surface area contributed by atoms with Gasteiger partial charge in [0.25, 0.3) is 0 Å². The highest BCUT2D eigenvalue weighted by Gasteiger charge is 2.05. The molecule has 0 saturated heterocycles. The standard InChI is InChI=1S/C12H19N3S/c1-3-10(13-2)5-4-6-11-9-15-7-8-16-12(15)14-11/h7-10,13H,3-6H2,1-2H3. The van der Waals surface area contributed by atoms with E-state index in [0.29, 0.717) is 6.04 Å². The third-order valence-corrected chi connectivity index (χ3v) is 3.80. The summed E-state index contributed by atoms with van der Waals surface area (Å²) in [7, 11) is 2.04. The second-order valence-corrected chi connectivity index (χ2v) is 4.98. The molecule has 2 aromatic rings. The highest BCUT2D eigenvalue weighted by atomic mass is 32.1. The number of fused-ring (bicyclic) bond motifs is 1. The monoisotopic (exact) mass is 237 g/mol. The maximum Gasteiger partial charge on any atom is 0.193 e. The molecule has 88 valence electrons. The molecule has 0 aliphatic heterocycles. The zero-order valence-electron chi connectivity index (χ0n) is 9.94. The lowest BCUT2D eigenvalue weighted by molar-refractivity contribution is 0.491. The molecule has 0 bridgehead atoms. The van der Waals surface area contributed by atoms with E-state index < -0.39 is 0 Å². The topological polar surface area (TPSA) is 29.3 Å². The van der Waals surface area contributed by atoms with Crippen molar-refractivity contribution >= 4 is 16.3 Å². The van der Waals surface area contributed by atoms with E-state index in [0.717, 1.165) is 11.4 Å². The molecule has 1 atom stereocenters. The first-order chi connectivity index (χ1) is 7.83. The van der Waals surface area contributed by atoms with Gasteiger partial charge >= 0.3 is 0 Å². The molecule has 2 aromatic heterocycles. The Hall–Kier alpha value is -0.870. The summed E-state index contributed by atoms with van der Waals surface area (Å²) in [4.78, 5) is 5.69. The van der Waals surface area contributed by atoms with Crippen LogP contribution in [-0.4, -0.2) is 22.5 Å². The summed E-state index contributed by atoms with van der Waals surface area (Å²) in [6.45, 7) is 2.23. The Morgan fingerprint density at radius 1 is 1.56 bits per heavy atom. The zero-order valence-corrected chi connectivity index (χ0v) is 10.8. The molecule has 1 N–H and O–H groups in total. The van der Waals surface area contributed by atoms with Crippen LogP contribution in [0.1, 0.15) is 31.9 Å². The van der Waals surface area contributed by atoms with Crippen molar-refractivity contribution in [2.24, 2.45) is 0 Å². The van der Waals surface area contributed by atoms with Gasteiger partial charge in [0, 0.05) is 23.8 Å². The van der Waals surface area contributed by atoms with Crippen LogP contribution < -0.4 is 5.32 Å². The molecule has 16 heavy (non-hydrogen) atoms. The molecule has 3 nitrogen and oxygen atoms in total. The van der Waals surface area contributed by atoms with Crippen LogP contribution >= 0.6 is 11.3 Å². The van der Waals surface area contributed by atoms with Crippen molar-refractivity contribution in [3.63, 3.8) is 0 Å². The van der Waals surface area contributed by atoms with Gasteiger partial charge in [0.2, 0.25) is 0 Å². The predicted octanol–water partition coefficient (Wildman–Crippen LogP) is 2.72. The quantitative estimate of drug-likeness (QED) is 0.837. The molecular weight excluding hydrogens is 218 g/mol. The van der Waals surface area contributed by atoms with E-state index in [4.69, 9.17) is 0 Å². The fourth-order valence-electron chi connectivity index (χ4n) is 1.98. The maximum atomic E-state index is 4.58. The molecule has 0 saturated carbocycles. The normalized spacial score (nSPS) is 13.4. The third kappa shape index (κ3) is 2.62. The maximum absolute atomic E-state index is 4.58. The van der Waals surface area contributed by atoms with E-state index in [9.17, 15) is 0 Å². The largest absolute Gasteiger partial charge is 0.317 e. The second-order valence-electron chi connectivity index (χ2n) is 4.11. The van der Waals surface area contributed by atoms with Crippen LogP contribution in [0.3, 0.4) is 0 Å². The zero-order chi connectivity index (χ0) is 11.4. The van der Waals surface area contributed by atoms with Gasteiger partial charge < -0.3 is 5.32 Å². The van der Waals surface area contributed by atoms with Crippen LogP contribution in [0.2, 0.25) is 0 Å². The van der Waals surface area contributed by atoms with Crippen molar-refractivity contribution in [2.75, 3.05) is 7.05 Å². The lowest BCUT2D eigenvalue weighted by Gasteiger charge is -2.12. The summed E-state index contributed by atoms with van der Waals surface area (Å²) in [5.41, 5.74) is 1.22. The van der Waals surface area contributed by atoms with Crippen molar-refractivity contribution in [3.05, 3.63) is 23.5 Å². The van der Waals surface area contributed by atoms with Gasteiger partial charge in [-0.1, -0.05) is 6.92 Å². The average Bonchev–Trinajstić information content (AvgIpc) is 2.84. The summed E-state index contributed by atoms with van der Waals surface area (Å²) in [5, 5.41) is 5.41. The summed E-state index contributed by atoms with van der Waals surface area (Å²) in [6, 6.07) is 0.656. The number of aryl methyl sites for hydroxylation is 1. The number of hydrogen-bond acceptors (Lipinski definition) is 3. The summed E-state index contributed by atoms with van der Waals surface area (Å²) in [5.74, 6) is 0. The lowest BCUT2D eigenvalue weighted by atomic mass is 10.1. The van der Waals surface area contributed by atoms with Crippen LogP contribution in [0.25, 0.3) is 4.96 Å². The molecule has 0 aliphatic rings. The van der Waals surface area contributed by atoms with E-state index in [1.807, 2.05) is 7.05 Å². The SMILES string of the molecule is CCC(CCCc1cn2ccsc2n1)NC. The number of nitrogens with one attached hydrogen (secondary N) is 1. The number of hydrogen-bond donors (Lipinski definition) is 1. The average molecular weight is 237 g/mol. The van der Waals surface area contributed by atoms with Gasteiger partial charge in [-0.25, -0.2) is 4.98 Å². The Bertz CT molecular complexity index is 400. The van der Waals surface area contributed by atoms with Crippen LogP contribution in [-0.2, 0) is 6.42 Å². The van der Waals surface area contributed by atoms with E-state index in [1.54, 1.807) is 11.3 Å². The molecule has 4 heteroatoms. The van der Waals surface area contributed by atoms with E-state index in [1.165, 1.54) is 25.0 Å². The van der Waals surface area contributed by atoms with E-state index in [2.05, 4.69) is 39.4 Å². The first-order valence-corrected chi connectivity index (χ1v) is 6.79. The minimum Gasteiger partial charge on any atom is -0.317 e. The van der Waals surface area contributed by atoms with Gasteiger partial charge in [-0.3, -0.25) is 4.40 Å². The highest BCUT2D eigenvalue weighted by Crippen LogP contribution is 2.13. The van der Waals surface area contributed by atoms with Gasteiger partial charge in [-0.2, -0.15) is 0 Å². The fraction of sp³-hybridized carbons (Fsp3) is 0.583. The van der Waals surface area contributed by atoms with Crippen LogP contribution in [0.5, 0.6) is 0 Å². The Labute approximate surface area is 101 Å². The molecule has 0 fully saturated rings. The summed E-state index contributed by atoms with van der Waals surface area (Å²) < 4.78 is 2.11. The van der Waals surface area contributed by atoms with Crippen molar-refractivity contribution in [1.29, 1.82) is 0 Å². The lowest BCUT2D eigenvalue weighted by Crippen LogP contribution is -2.23. The summed E-state index contributed by atoms with van der Waals surface area (Å²) >= 11 is 1.70. The van der Waals surface area contributed by atoms with E-state index in [-0.39, 0.29) is 0 Å². The molecule has 0 radical (unpaired) electrons. The Morgan fingerprint density at radius 3 is 3.12 bits per heavy atom. The van der Waals surface area contributed by atoms with Crippen LogP contribution in [0.15, 0.2) is 17.8 Å². The minimum atomic E-state index is 0.656. The van der Waals surface area contributed by atoms with Gasteiger partial charge in [-0.15, -0.1) is 11.3 Å². The first-order valence-electron chi connectivity index (χ1n) is 5.91. The van der Waals surface area contributed by atoms with Gasteiger partial charge in [0.1, 0.15) is 0 Å². The smallest absolute Gasteiger partial charge is 0.193 e. The van der Waals surface area contributed by atoms with Crippen molar-refractivity contribution < 1.29 is 0 Å².